The molecule has 4 heteroatoms. The fourth-order valence-corrected chi connectivity index (χ4v) is 3.80. The maximum atomic E-state index is 5.84. The second-order valence-electron chi connectivity index (χ2n) is 5.14. The lowest BCUT2D eigenvalue weighted by Gasteiger charge is -2.23. The smallest absolute Gasteiger partial charge is 0.133 e. The Balaban J connectivity index is 2.56. The first-order chi connectivity index (χ1) is 11.3. The molecule has 0 amide bonds. The molecule has 0 saturated carbocycles. The minimum absolute atomic E-state index is 0.163. The van der Waals surface area contributed by atoms with Crippen molar-refractivity contribution in [1.82, 2.24) is 0 Å². The second kappa shape index (κ2) is 9.36. The van der Waals surface area contributed by atoms with Crippen LogP contribution < -0.4 is 4.74 Å². The molecule has 1 atom stereocenters. The van der Waals surface area contributed by atoms with Crippen molar-refractivity contribution in [2.24, 2.45) is 0 Å². The summed E-state index contributed by atoms with van der Waals surface area (Å²) in [4.78, 5) is 0. The number of aryl methyl sites for hydroxylation is 1. The maximum Gasteiger partial charge on any atom is 0.133 e. The number of alkyl halides is 1. The predicted molar refractivity (Wildman–Crippen MR) is 102 cm³/mol. The molecular formula is C19H22BrO2S. The topological polar surface area (TPSA) is 18.5 Å². The van der Waals surface area contributed by atoms with Gasteiger partial charge < -0.3 is 9.47 Å². The molecule has 1 radical (unpaired) electrons. The lowest BCUT2D eigenvalue weighted by Crippen LogP contribution is -2.11. The Kier molecular flexibility index (Phi) is 7.47. The van der Waals surface area contributed by atoms with Gasteiger partial charge in [-0.2, -0.15) is 11.8 Å². The van der Waals surface area contributed by atoms with E-state index in [1.54, 1.807) is 14.2 Å². The van der Waals surface area contributed by atoms with E-state index in [1.165, 1.54) is 11.1 Å². The number of hydrogen-bond acceptors (Lipinski definition) is 3. The molecule has 0 spiro atoms. The van der Waals surface area contributed by atoms with E-state index < -0.39 is 0 Å². The van der Waals surface area contributed by atoms with Crippen molar-refractivity contribution in [3.8, 4) is 5.75 Å². The molecule has 0 aromatic heterocycles. The van der Waals surface area contributed by atoms with Crippen LogP contribution in [-0.2, 0) is 16.5 Å². The van der Waals surface area contributed by atoms with Gasteiger partial charge in [-0.05, 0) is 41.2 Å². The Labute approximate surface area is 151 Å². The molecule has 0 saturated heterocycles. The number of methoxy groups -OCH3 is 2. The third kappa shape index (κ3) is 4.31. The van der Waals surface area contributed by atoms with E-state index in [0.29, 0.717) is 0 Å². The van der Waals surface area contributed by atoms with Gasteiger partial charge in [-0.15, -0.1) is 0 Å². The quantitative estimate of drug-likeness (QED) is 0.585. The van der Waals surface area contributed by atoms with Crippen molar-refractivity contribution in [3.63, 3.8) is 0 Å². The molecule has 23 heavy (non-hydrogen) atoms. The number of halogens is 1. The lowest BCUT2D eigenvalue weighted by atomic mass is 9.92. The molecule has 0 aliphatic heterocycles. The highest BCUT2D eigenvalue weighted by atomic mass is 79.9. The highest BCUT2D eigenvalue weighted by molar-refractivity contribution is 9.08. The zero-order chi connectivity index (χ0) is 16.7. The summed E-state index contributed by atoms with van der Waals surface area (Å²) in [6.07, 6.45) is 2.98. The van der Waals surface area contributed by atoms with Crippen molar-refractivity contribution >= 4 is 27.7 Å². The molecule has 2 rings (SSSR count). The van der Waals surface area contributed by atoms with Crippen molar-refractivity contribution in [1.29, 1.82) is 0 Å². The molecular weight excluding hydrogens is 372 g/mol. The van der Waals surface area contributed by atoms with Crippen molar-refractivity contribution in [2.75, 3.05) is 26.2 Å². The Morgan fingerprint density at radius 3 is 2.52 bits per heavy atom. The number of hydrogen-bond donors (Lipinski definition) is 0. The van der Waals surface area contributed by atoms with E-state index in [2.05, 4.69) is 40.4 Å². The lowest BCUT2D eigenvalue weighted by molar-refractivity contribution is 0.133. The fraction of sp³-hybridized carbons (Fsp3) is 0.368. The Morgan fingerprint density at radius 2 is 1.96 bits per heavy atom. The average molecular weight is 394 g/mol. The van der Waals surface area contributed by atoms with Gasteiger partial charge in [0.2, 0.25) is 0 Å². The second-order valence-corrected chi connectivity index (χ2v) is 6.69. The normalized spacial score (nSPS) is 12.2. The number of rotatable bonds is 8. The number of ether oxygens (including phenoxy) is 2. The van der Waals surface area contributed by atoms with E-state index in [0.717, 1.165) is 34.4 Å². The summed E-state index contributed by atoms with van der Waals surface area (Å²) in [7, 11) is 3.43. The van der Waals surface area contributed by atoms with E-state index in [1.807, 2.05) is 36.0 Å². The minimum Gasteiger partial charge on any atom is -0.496 e. The van der Waals surface area contributed by atoms with Gasteiger partial charge in [0.25, 0.3) is 0 Å². The molecule has 2 nitrogen and oxygen atoms in total. The molecule has 2 aromatic carbocycles. The molecule has 0 aliphatic rings. The molecule has 0 aliphatic carbocycles. The van der Waals surface area contributed by atoms with Crippen LogP contribution in [0.25, 0.3) is 0 Å². The van der Waals surface area contributed by atoms with Gasteiger partial charge in [-0.1, -0.05) is 46.3 Å². The van der Waals surface area contributed by atoms with Gasteiger partial charge in [0.1, 0.15) is 11.9 Å². The summed E-state index contributed by atoms with van der Waals surface area (Å²) < 4.78 is 11.4. The Morgan fingerprint density at radius 1 is 1.22 bits per heavy atom. The Hall–Kier alpha value is -0.970. The standard InChI is InChI=1S/C19H22BrO2S/c1-21-17-10-9-14(11-12-23-3)16(13-20)18(17)19(22-2)15-7-5-4-6-8-15/h4-9,19H,11-13H2,1-3H3. The first-order valence-electron chi connectivity index (χ1n) is 7.49. The average Bonchev–Trinajstić information content (AvgIpc) is 2.61. The summed E-state index contributed by atoms with van der Waals surface area (Å²) in [6, 6.07) is 15.6. The summed E-state index contributed by atoms with van der Waals surface area (Å²) >= 11 is 5.50. The number of thioether (sulfide) groups is 1. The van der Waals surface area contributed by atoms with Crippen molar-refractivity contribution < 1.29 is 9.47 Å². The van der Waals surface area contributed by atoms with Crippen molar-refractivity contribution in [2.45, 2.75) is 17.9 Å². The van der Waals surface area contributed by atoms with Crippen LogP contribution in [0.4, 0.5) is 0 Å². The van der Waals surface area contributed by atoms with Crippen LogP contribution >= 0.6 is 27.7 Å². The third-order valence-electron chi connectivity index (χ3n) is 3.85. The van der Waals surface area contributed by atoms with Gasteiger partial charge in [0.05, 0.1) is 7.11 Å². The predicted octanol–water partition coefficient (Wildman–Crippen LogP) is 5.03. The van der Waals surface area contributed by atoms with Crippen LogP contribution in [0.15, 0.2) is 36.4 Å². The number of benzene rings is 2. The van der Waals surface area contributed by atoms with Gasteiger partial charge in [-0.25, -0.2) is 0 Å². The van der Waals surface area contributed by atoms with E-state index in [9.17, 15) is 0 Å². The van der Waals surface area contributed by atoms with Crippen LogP contribution in [-0.4, -0.2) is 26.2 Å². The van der Waals surface area contributed by atoms with Crippen LogP contribution in [0.5, 0.6) is 5.75 Å². The van der Waals surface area contributed by atoms with E-state index in [4.69, 9.17) is 9.47 Å². The molecule has 0 N–H and O–H groups in total. The van der Waals surface area contributed by atoms with Gasteiger partial charge in [-0.3, -0.25) is 0 Å². The van der Waals surface area contributed by atoms with Gasteiger partial charge in [0.15, 0.2) is 0 Å². The molecule has 1 unspecified atom stereocenters. The highest BCUT2D eigenvalue weighted by Crippen LogP contribution is 2.37. The summed E-state index contributed by atoms with van der Waals surface area (Å²) in [5.41, 5.74) is 4.72. The van der Waals surface area contributed by atoms with Crippen molar-refractivity contribution in [3.05, 3.63) is 64.7 Å². The minimum atomic E-state index is -0.163. The van der Waals surface area contributed by atoms with E-state index in [-0.39, 0.29) is 6.10 Å². The third-order valence-corrected chi connectivity index (χ3v) is 5.02. The SMILES string of the molecule is COc1[c]cc(CCSC)c(CBr)c1C(OC)c1ccccc1. The Bertz CT molecular complexity index is 616. The summed E-state index contributed by atoms with van der Waals surface area (Å²) in [6.45, 7) is 0. The maximum absolute atomic E-state index is 5.84. The van der Waals surface area contributed by atoms with Crippen LogP contribution in [0.1, 0.15) is 28.4 Å². The molecule has 2 aromatic rings. The summed E-state index contributed by atoms with van der Waals surface area (Å²) in [5.74, 6) is 1.84. The monoisotopic (exact) mass is 393 g/mol. The largest absolute Gasteiger partial charge is 0.496 e. The van der Waals surface area contributed by atoms with Crippen LogP contribution in [0, 0.1) is 6.07 Å². The molecule has 123 valence electrons. The summed E-state index contributed by atoms with van der Waals surface area (Å²) in [5, 5.41) is 0.768. The van der Waals surface area contributed by atoms with Gasteiger partial charge >= 0.3 is 0 Å². The zero-order valence-electron chi connectivity index (χ0n) is 13.8. The first kappa shape index (κ1) is 18.4. The van der Waals surface area contributed by atoms with Crippen LogP contribution in [0.2, 0.25) is 0 Å². The molecule has 0 bridgehead atoms. The molecule has 0 fully saturated rings. The first-order valence-corrected chi connectivity index (χ1v) is 10.0. The highest BCUT2D eigenvalue weighted by Gasteiger charge is 2.23. The van der Waals surface area contributed by atoms with E-state index >= 15 is 0 Å². The van der Waals surface area contributed by atoms with Crippen LogP contribution in [0.3, 0.4) is 0 Å². The zero-order valence-corrected chi connectivity index (χ0v) is 16.2. The van der Waals surface area contributed by atoms with Gasteiger partial charge in [0, 0.05) is 24.1 Å². The molecule has 0 heterocycles. The fourth-order valence-electron chi connectivity index (χ4n) is 2.72.